The van der Waals surface area contributed by atoms with E-state index in [1.54, 1.807) is 32.0 Å². The lowest BCUT2D eigenvalue weighted by Crippen LogP contribution is -2.30. The number of amides is 1. The fourth-order valence-corrected chi connectivity index (χ4v) is 2.50. The van der Waals surface area contributed by atoms with Crippen molar-refractivity contribution in [3.63, 3.8) is 0 Å². The minimum absolute atomic E-state index is 0.0475. The van der Waals surface area contributed by atoms with Gasteiger partial charge in [0, 0.05) is 16.8 Å². The predicted octanol–water partition coefficient (Wildman–Crippen LogP) is 4.14. The van der Waals surface area contributed by atoms with Gasteiger partial charge in [0.1, 0.15) is 0 Å². The largest absolute Gasteiger partial charge is 0.487 e. The Labute approximate surface area is 166 Å². The maximum Gasteiger partial charge on any atom is 0.339 e. The molecule has 0 heterocycles. The quantitative estimate of drug-likeness (QED) is 0.420. The number of hydrogen-bond acceptors (Lipinski definition) is 6. The molecule has 0 saturated heterocycles. The Morgan fingerprint density at radius 1 is 1.29 bits per heavy atom. The van der Waals surface area contributed by atoms with Crippen LogP contribution in [0.4, 0.5) is 11.4 Å². The summed E-state index contributed by atoms with van der Waals surface area (Å²) in [7, 11) is 0. The van der Waals surface area contributed by atoms with Crippen molar-refractivity contribution in [2.45, 2.75) is 26.9 Å². The number of halogens is 1. The van der Waals surface area contributed by atoms with Crippen LogP contribution in [0.1, 0.15) is 29.8 Å². The van der Waals surface area contributed by atoms with Crippen LogP contribution >= 0.6 is 11.6 Å². The first kappa shape index (κ1) is 21.2. The lowest BCUT2D eigenvalue weighted by molar-refractivity contribution is -0.385. The first-order valence-corrected chi connectivity index (χ1v) is 8.80. The van der Waals surface area contributed by atoms with Crippen molar-refractivity contribution in [3.05, 3.63) is 62.7 Å². The molecule has 1 amide bonds. The second kappa shape index (κ2) is 9.18. The summed E-state index contributed by atoms with van der Waals surface area (Å²) in [6.07, 6.45) is -1.13. The number of carbonyl (C=O) groups is 2. The van der Waals surface area contributed by atoms with Crippen molar-refractivity contribution < 1.29 is 24.0 Å². The SMILES string of the molecule is CCOc1ccc(C(=O)O[C@@H](C)C(=O)Nc2cccc(Cl)c2C)cc1[N+](=O)[O-]. The van der Waals surface area contributed by atoms with Crippen LogP contribution in [0.5, 0.6) is 5.75 Å². The maximum absolute atomic E-state index is 12.3. The number of ether oxygens (including phenoxy) is 2. The second-order valence-electron chi connectivity index (χ2n) is 5.82. The van der Waals surface area contributed by atoms with E-state index in [1.165, 1.54) is 19.1 Å². The number of esters is 1. The van der Waals surface area contributed by atoms with Gasteiger partial charge in [0.05, 0.1) is 17.1 Å². The van der Waals surface area contributed by atoms with Gasteiger partial charge in [-0.25, -0.2) is 4.79 Å². The first-order valence-electron chi connectivity index (χ1n) is 8.42. The number of nitro benzene ring substituents is 1. The molecule has 0 aromatic heterocycles. The highest BCUT2D eigenvalue weighted by molar-refractivity contribution is 6.31. The molecule has 0 fully saturated rings. The Kier molecular flexibility index (Phi) is 6.94. The molecule has 0 aliphatic rings. The molecule has 0 aliphatic heterocycles. The highest BCUT2D eigenvalue weighted by Crippen LogP contribution is 2.28. The van der Waals surface area contributed by atoms with Crippen LogP contribution in [-0.4, -0.2) is 29.5 Å². The number of nitro groups is 1. The Morgan fingerprint density at radius 2 is 2.00 bits per heavy atom. The van der Waals surface area contributed by atoms with E-state index in [0.29, 0.717) is 16.3 Å². The molecule has 1 atom stereocenters. The van der Waals surface area contributed by atoms with E-state index in [4.69, 9.17) is 21.1 Å². The van der Waals surface area contributed by atoms with Crippen LogP contribution in [0.2, 0.25) is 5.02 Å². The van der Waals surface area contributed by atoms with Crippen molar-refractivity contribution in [1.29, 1.82) is 0 Å². The Balaban J connectivity index is 2.11. The van der Waals surface area contributed by atoms with E-state index in [-0.39, 0.29) is 23.6 Å². The van der Waals surface area contributed by atoms with Gasteiger partial charge in [-0.1, -0.05) is 17.7 Å². The molecule has 148 valence electrons. The summed E-state index contributed by atoms with van der Waals surface area (Å²) in [6, 6.07) is 8.75. The molecule has 0 radical (unpaired) electrons. The van der Waals surface area contributed by atoms with Crippen LogP contribution in [0.25, 0.3) is 0 Å². The van der Waals surface area contributed by atoms with Gasteiger partial charge in [0.2, 0.25) is 0 Å². The zero-order valence-corrected chi connectivity index (χ0v) is 16.3. The van der Waals surface area contributed by atoms with Crippen LogP contribution in [-0.2, 0) is 9.53 Å². The molecule has 0 aliphatic carbocycles. The third-order valence-electron chi connectivity index (χ3n) is 3.87. The molecule has 0 saturated carbocycles. The van der Waals surface area contributed by atoms with Gasteiger partial charge in [-0.15, -0.1) is 0 Å². The number of nitrogens with zero attached hydrogens (tertiary/aromatic N) is 1. The molecule has 9 heteroatoms. The molecule has 0 bridgehead atoms. The van der Waals surface area contributed by atoms with E-state index in [2.05, 4.69) is 5.32 Å². The lowest BCUT2D eigenvalue weighted by Gasteiger charge is -2.15. The Morgan fingerprint density at radius 3 is 2.64 bits per heavy atom. The van der Waals surface area contributed by atoms with Gasteiger partial charge < -0.3 is 14.8 Å². The fourth-order valence-electron chi connectivity index (χ4n) is 2.32. The smallest absolute Gasteiger partial charge is 0.339 e. The van der Waals surface area contributed by atoms with Crippen LogP contribution in [0, 0.1) is 17.0 Å². The summed E-state index contributed by atoms with van der Waals surface area (Å²) in [4.78, 5) is 35.1. The van der Waals surface area contributed by atoms with Crippen LogP contribution in [0.3, 0.4) is 0 Å². The average Bonchev–Trinajstić information content (AvgIpc) is 2.65. The van der Waals surface area contributed by atoms with Gasteiger partial charge >= 0.3 is 11.7 Å². The van der Waals surface area contributed by atoms with E-state index < -0.39 is 22.9 Å². The van der Waals surface area contributed by atoms with Crippen LogP contribution in [0.15, 0.2) is 36.4 Å². The van der Waals surface area contributed by atoms with Crippen molar-refractivity contribution in [3.8, 4) is 5.75 Å². The molecule has 2 aromatic rings. The van der Waals surface area contributed by atoms with Crippen molar-refractivity contribution in [1.82, 2.24) is 0 Å². The fraction of sp³-hybridized carbons (Fsp3) is 0.263. The summed E-state index contributed by atoms with van der Waals surface area (Å²) in [5.74, 6) is -1.37. The first-order chi connectivity index (χ1) is 13.2. The highest BCUT2D eigenvalue weighted by atomic mass is 35.5. The summed E-state index contributed by atoms with van der Waals surface area (Å²) < 4.78 is 10.3. The third kappa shape index (κ3) is 4.98. The summed E-state index contributed by atoms with van der Waals surface area (Å²) in [5, 5.41) is 14.3. The molecule has 28 heavy (non-hydrogen) atoms. The summed E-state index contributed by atoms with van der Waals surface area (Å²) in [5.41, 5.74) is 0.756. The lowest BCUT2D eigenvalue weighted by atomic mass is 10.2. The van der Waals surface area contributed by atoms with Crippen molar-refractivity contribution >= 4 is 34.9 Å². The maximum atomic E-state index is 12.3. The number of anilines is 1. The van der Waals surface area contributed by atoms with Gasteiger partial charge in [0.15, 0.2) is 11.9 Å². The molecular weight excluding hydrogens is 388 g/mol. The molecular formula is C19H19ClN2O6. The van der Waals surface area contributed by atoms with E-state index in [1.807, 2.05) is 0 Å². The minimum Gasteiger partial charge on any atom is -0.487 e. The second-order valence-corrected chi connectivity index (χ2v) is 6.23. The molecule has 1 N–H and O–H groups in total. The van der Waals surface area contributed by atoms with Crippen molar-refractivity contribution in [2.24, 2.45) is 0 Å². The zero-order chi connectivity index (χ0) is 20.8. The van der Waals surface area contributed by atoms with E-state index >= 15 is 0 Å². The minimum atomic E-state index is -1.13. The van der Waals surface area contributed by atoms with Gasteiger partial charge in [-0.2, -0.15) is 0 Å². The standard InChI is InChI=1S/C19H19ClN2O6/c1-4-27-17-9-8-13(10-16(17)22(25)26)19(24)28-12(3)18(23)21-15-7-5-6-14(20)11(15)2/h5-10,12H,4H2,1-3H3,(H,21,23)/t12-/m0/s1. The van der Waals surface area contributed by atoms with Crippen LogP contribution < -0.4 is 10.1 Å². The predicted molar refractivity (Wildman–Crippen MR) is 104 cm³/mol. The van der Waals surface area contributed by atoms with Gasteiger partial charge in [0.25, 0.3) is 5.91 Å². The average molecular weight is 407 g/mol. The molecule has 0 spiro atoms. The monoisotopic (exact) mass is 406 g/mol. The number of hydrogen-bond donors (Lipinski definition) is 1. The number of carbonyl (C=O) groups excluding carboxylic acids is 2. The Bertz CT molecular complexity index is 915. The van der Waals surface area contributed by atoms with E-state index in [0.717, 1.165) is 6.07 Å². The normalized spacial score (nSPS) is 11.4. The summed E-state index contributed by atoms with van der Waals surface area (Å²) in [6.45, 7) is 5.07. The topological polar surface area (TPSA) is 108 Å². The third-order valence-corrected chi connectivity index (χ3v) is 4.28. The van der Waals surface area contributed by atoms with Crippen molar-refractivity contribution in [2.75, 3.05) is 11.9 Å². The van der Waals surface area contributed by atoms with Gasteiger partial charge in [-0.05, 0) is 50.6 Å². The molecule has 2 rings (SSSR count). The number of nitrogens with one attached hydrogen (secondary N) is 1. The summed E-state index contributed by atoms with van der Waals surface area (Å²) >= 11 is 6.01. The zero-order valence-electron chi connectivity index (χ0n) is 15.5. The number of benzene rings is 2. The molecule has 2 aromatic carbocycles. The number of rotatable bonds is 7. The highest BCUT2D eigenvalue weighted by Gasteiger charge is 2.23. The van der Waals surface area contributed by atoms with E-state index in [9.17, 15) is 19.7 Å². The molecule has 0 unspecified atom stereocenters. The van der Waals surface area contributed by atoms with Gasteiger partial charge in [-0.3, -0.25) is 14.9 Å². The molecule has 8 nitrogen and oxygen atoms in total. The Hall–Kier alpha value is -3.13.